The van der Waals surface area contributed by atoms with Crippen LogP contribution in [0.4, 0.5) is 16.2 Å². The second-order valence-electron chi connectivity index (χ2n) is 3.40. The summed E-state index contributed by atoms with van der Waals surface area (Å²) in [7, 11) is 1.37. The first-order chi connectivity index (χ1) is 8.93. The number of nitrogens with zero attached hydrogens (tertiary/aromatic N) is 1. The van der Waals surface area contributed by atoms with E-state index in [4.69, 9.17) is 11.6 Å². The van der Waals surface area contributed by atoms with Crippen LogP contribution in [0.3, 0.4) is 0 Å². The van der Waals surface area contributed by atoms with Gasteiger partial charge in [-0.15, -0.1) is 0 Å². The highest BCUT2D eigenvalue weighted by molar-refractivity contribution is 6.32. The number of carbonyl (C=O) groups excluding carboxylic acids is 2. The topological polar surface area (TPSA) is 113 Å². The Morgan fingerprint density at radius 3 is 2.68 bits per heavy atom. The number of hydrogen-bond donors (Lipinski definition) is 3. The molecule has 8 nitrogen and oxygen atoms in total. The summed E-state index contributed by atoms with van der Waals surface area (Å²) in [6, 6.07) is 3.41. The zero-order valence-electron chi connectivity index (χ0n) is 9.90. The maximum atomic E-state index is 11.3. The minimum atomic E-state index is -0.631. The number of halogens is 1. The summed E-state index contributed by atoms with van der Waals surface area (Å²) in [6.07, 6.45) is 0. The molecule has 0 aliphatic heterocycles. The monoisotopic (exact) mass is 286 g/mol. The summed E-state index contributed by atoms with van der Waals surface area (Å²) in [5.74, 6) is -0.572. The minimum absolute atomic E-state index is 0.00497. The molecule has 102 valence electrons. The average molecular weight is 287 g/mol. The van der Waals surface area contributed by atoms with Crippen LogP contribution in [-0.4, -0.2) is 30.5 Å². The van der Waals surface area contributed by atoms with Crippen molar-refractivity contribution in [2.24, 2.45) is 0 Å². The summed E-state index contributed by atoms with van der Waals surface area (Å²) in [6.45, 7) is -0.202. The molecule has 0 saturated carbocycles. The Hall–Kier alpha value is -2.35. The van der Waals surface area contributed by atoms with Crippen molar-refractivity contribution in [3.63, 3.8) is 0 Å². The van der Waals surface area contributed by atoms with E-state index in [1.807, 2.05) is 5.32 Å². The third-order valence-electron chi connectivity index (χ3n) is 2.08. The number of nitro groups is 1. The molecule has 1 aromatic rings. The van der Waals surface area contributed by atoms with E-state index in [1.54, 1.807) is 0 Å². The molecule has 0 spiro atoms. The number of anilines is 1. The third-order valence-corrected chi connectivity index (χ3v) is 2.40. The van der Waals surface area contributed by atoms with Gasteiger partial charge in [0.2, 0.25) is 5.91 Å². The van der Waals surface area contributed by atoms with Crippen molar-refractivity contribution in [2.45, 2.75) is 0 Å². The number of nitrogens with one attached hydrogen (secondary N) is 3. The predicted molar refractivity (Wildman–Crippen MR) is 69.2 cm³/mol. The Morgan fingerprint density at radius 2 is 2.11 bits per heavy atom. The summed E-state index contributed by atoms with van der Waals surface area (Å²) in [4.78, 5) is 32.2. The van der Waals surface area contributed by atoms with Gasteiger partial charge in [-0.25, -0.2) is 4.79 Å². The van der Waals surface area contributed by atoms with Crippen molar-refractivity contribution in [2.75, 3.05) is 18.9 Å². The number of amides is 3. The lowest BCUT2D eigenvalue weighted by molar-refractivity contribution is -0.384. The van der Waals surface area contributed by atoms with Crippen LogP contribution in [0.2, 0.25) is 5.02 Å². The highest BCUT2D eigenvalue weighted by Gasteiger charge is 2.13. The van der Waals surface area contributed by atoms with Crippen molar-refractivity contribution in [3.8, 4) is 0 Å². The van der Waals surface area contributed by atoms with Gasteiger partial charge in [0.15, 0.2) is 0 Å². The lowest BCUT2D eigenvalue weighted by atomic mass is 10.3. The summed E-state index contributed by atoms with van der Waals surface area (Å²) in [5, 5.41) is 17.6. The van der Waals surface area contributed by atoms with Gasteiger partial charge in [-0.2, -0.15) is 0 Å². The summed E-state index contributed by atoms with van der Waals surface area (Å²) >= 11 is 5.64. The molecule has 0 bridgehead atoms. The minimum Gasteiger partial charge on any atom is -0.376 e. The lowest BCUT2D eigenvalue weighted by Gasteiger charge is -2.07. The molecule has 0 aromatic heterocycles. The number of nitro benzene ring substituents is 1. The molecule has 3 N–H and O–H groups in total. The molecule has 0 saturated heterocycles. The number of benzene rings is 1. The van der Waals surface area contributed by atoms with Crippen molar-refractivity contribution in [3.05, 3.63) is 33.3 Å². The molecule has 19 heavy (non-hydrogen) atoms. The van der Waals surface area contributed by atoms with Crippen LogP contribution in [0, 0.1) is 10.1 Å². The van der Waals surface area contributed by atoms with Gasteiger partial charge in [0, 0.05) is 18.8 Å². The molecule has 0 aliphatic rings. The largest absolute Gasteiger partial charge is 0.376 e. The predicted octanol–water partition coefficient (Wildman–Crippen LogP) is 1.12. The molecule has 1 aromatic carbocycles. The highest BCUT2D eigenvalue weighted by Crippen LogP contribution is 2.27. The molecule has 0 atom stereocenters. The van der Waals surface area contributed by atoms with Crippen molar-refractivity contribution < 1.29 is 14.5 Å². The molecule has 1 rings (SSSR count). The maximum Gasteiger partial charge on any atom is 0.321 e. The van der Waals surface area contributed by atoms with Crippen LogP contribution in [0.5, 0.6) is 0 Å². The van der Waals surface area contributed by atoms with Crippen molar-refractivity contribution in [1.82, 2.24) is 10.6 Å². The second kappa shape index (κ2) is 6.55. The van der Waals surface area contributed by atoms with E-state index in [-0.39, 0.29) is 17.3 Å². The van der Waals surface area contributed by atoms with Gasteiger partial charge >= 0.3 is 6.03 Å². The number of carbonyl (C=O) groups is 2. The molecule has 3 amide bonds. The van der Waals surface area contributed by atoms with E-state index >= 15 is 0 Å². The van der Waals surface area contributed by atoms with E-state index < -0.39 is 16.9 Å². The van der Waals surface area contributed by atoms with Gasteiger partial charge in [0.1, 0.15) is 5.02 Å². The first kappa shape index (κ1) is 14.7. The lowest BCUT2D eigenvalue weighted by Crippen LogP contribution is -2.40. The standard InChI is InChI=1S/C10H11ClN4O4/c1-12-10(17)14-9(16)5-13-6-2-3-7(11)8(4-6)15(18)19/h2-4,13H,5H2,1H3,(H2,12,14,16,17). The Balaban J connectivity index is 2.63. The fourth-order valence-electron chi connectivity index (χ4n) is 1.18. The summed E-state index contributed by atoms with van der Waals surface area (Å²) in [5.41, 5.74) is 0.0848. The van der Waals surface area contributed by atoms with Crippen LogP contribution in [0.15, 0.2) is 18.2 Å². The smallest absolute Gasteiger partial charge is 0.321 e. The second-order valence-corrected chi connectivity index (χ2v) is 3.81. The molecule has 0 heterocycles. The Kier molecular flexibility index (Phi) is 5.07. The van der Waals surface area contributed by atoms with Crippen molar-refractivity contribution >= 4 is 34.9 Å². The van der Waals surface area contributed by atoms with Gasteiger partial charge in [0.05, 0.1) is 11.5 Å². The number of urea groups is 1. The van der Waals surface area contributed by atoms with Crippen LogP contribution in [-0.2, 0) is 4.79 Å². The number of hydrogen-bond acceptors (Lipinski definition) is 5. The van der Waals surface area contributed by atoms with E-state index in [1.165, 1.54) is 25.2 Å². The molecule has 0 radical (unpaired) electrons. The van der Waals surface area contributed by atoms with Gasteiger partial charge in [-0.1, -0.05) is 11.6 Å². The molecule has 0 aliphatic carbocycles. The third kappa shape index (κ3) is 4.43. The maximum absolute atomic E-state index is 11.3. The first-order valence-electron chi connectivity index (χ1n) is 5.13. The molecular weight excluding hydrogens is 276 g/mol. The normalized spacial score (nSPS) is 9.58. The SMILES string of the molecule is CNC(=O)NC(=O)CNc1ccc(Cl)c([N+](=O)[O-])c1. The van der Waals surface area contributed by atoms with E-state index in [9.17, 15) is 19.7 Å². The molecule has 0 unspecified atom stereocenters. The highest BCUT2D eigenvalue weighted by atomic mass is 35.5. The van der Waals surface area contributed by atoms with Gasteiger partial charge < -0.3 is 10.6 Å². The Labute approximate surface area is 113 Å². The first-order valence-corrected chi connectivity index (χ1v) is 5.51. The number of imide groups is 1. The molecule has 0 fully saturated rings. The van der Waals surface area contributed by atoms with Crippen molar-refractivity contribution in [1.29, 1.82) is 0 Å². The zero-order chi connectivity index (χ0) is 14.4. The fraction of sp³-hybridized carbons (Fsp3) is 0.200. The zero-order valence-corrected chi connectivity index (χ0v) is 10.7. The van der Waals surface area contributed by atoms with Crippen LogP contribution < -0.4 is 16.0 Å². The fourth-order valence-corrected chi connectivity index (χ4v) is 1.36. The average Bonchev–Trinajstić information content (AvgIpc) is 2.37. The van der Waals surface area contributed by atoms with Gasteiger partial charge in [-0.3, -0.25) is 20.2 Å². The van der Waals surface area contributed by atoms with E-state index in [0.717, 1.165) is 0 Å². The van der Waals surface area contributed by atoms with E-state index in [0.29, 0.717) is 5.69 Å². The van der Waals surface area contributed by atoms with Gasteiger partial charge in [0.25, 0.3) is 5.69 Å². The molecular formula is C10H11ClN4O4. The summed E-state index contributed by atoms with van der Waals surface area (Å²) < 4.78 is 0. The van der Waals surface area contributed by atoms with Crippen LogP contribution in [0.1, 0.15) is 0 Å². The number of rotatable bonds is 4. The van der Waals surface area contributed by atoms with E-state index in [2.05, 4.69) is 10.6 Å². The Morgan fingerprint density at radius 1 is 1.42 bits per heavy atom. The molecule has 9 heteroatoms. The van der Waals surface area contributed by atoms with Gasteiger partial charge in [-0.05, 0) is 12.1 Å². The van der Waals surface area contributed by atoms with Crippen LogP contribution in [0.25, 0.3) is 0 Å². The Bertz CT molecular complexity index is 520. The quantitative estimate of drug-likeness (QED) is 0.567. The van der Waals surface area contributed by atoms with Crippen LogP contribution >= 0.6 is 11.6 Å².